The summed E-state index contributed by atoms with van der Waals surface area (Å²) in [4.78, 5) is 38.7. The molecule has 0 aliphatic heterocycles. The summed E-state index contributed by atoms with van der Waals surface area (Å²) in [6.45, 7) is 3.83. The monoisotopic (exact) mass is 435 g/mol. The molecule has 0 unspecified atom stereocenters. The van der Waals surface area contributed by atoms with Gasteiger partial charge in [0.1, 0.15) is 6.04 Å². The molecule has 0 radical (unpaired) electrons. The van der Waals surface area contributed by atoms with Gasteiger partial charge in [-0.05, 0) is 43.0 Å². The molecule has 170 valence electrons. The number of carbonyl (C=O) groups is 3. The average Bonchev–Trinajstić information content (AvgIpc) is 3.06. The molecule has 1 aliphatic rings. The second-order valence-corrected chi connectivity index (χ2v) is 8.76. The van der Waals surface area contributed by atoms with E-state index in [1.54, 1.807) is 48.5 Å². The van der Waals surface area contributed by atoms with E-state index < -0.39 is 6.04 Å². The number of hydrogen-bond acceptors (Lipinski definition) is 3. The highest BCUT2D eigenvalue weighted by Gasteiger charge is 2.27. The van der Waals surface area contributed by atoms with Gasteiger partial charge in [0.25, 0.3) is 11.8 Å². The Morgan fingerprint density at radius 2 is 1.44 bits per heavy atom. The van der Waals surface area contributed by atoms with Gasteiger partial charge in [-0.15, -0.1) is 0 Å². The molecule has 6 heteroatoms. The Hall–Kier alpha value is -3.15. The van der Waals surface area contributed by atoms with E-state index in [-0.39, 0.29) is 29.7 Å². The molecule has 0 aromatic heterocycles. The van der Waals surface area contributed by atoms with Crippen LogP contribution < -0.4 is 16.0 Å². The molecule has 1 saturated carbocycles. The lowest BCUT2D eigenvalue weighted by atomic mass is 10.0. The minimum atomic E-state index is -0.649. The fourth-order valence-corrected chi connectivity index (χ4v) is 4.04. The molecule has 0 saturated heterocycles. The third-order valence-electron chi connectivity index (χ3n) is 5.89. The van der Waals surface area contributed by atoms with Crippen molar-refractivity contribution in [2.45, 2.75) is 64.5 Å². The second kappa shape index (κ2) is 11.5. The first kappa shape index (κ1) is 23.5. The van der Waals surface area contributed by atoms with Gasteiger partial charge in [-0.25, -0.2) is 0 Å². The predicted molar refractivity (Wildman–Crippen MR) is 127 cm³/mol. The van der Waals surface area contributed by atoms with E-state index in [0.29, 0.717) is 16.8 Å². The van der Waals surface area contributed by atoms with Crippen molar-refractivity contribution in [3.8, 4) is 0 Å². The van der Waals surface area contributed by atoms with Crippen LogP contribution in [0.3, 0.4) is 0 Å². The zero-order valence-corrected chi connectivity index (χ0v) is 18.9. The Bertz CT molecular complexity index is 919. The van der Waals surface area contributed by atoms with Crippen LogP contribution in [0.4, 0.5) is 5.69 Å². The molecule has 0 heterocycles. The van der Waals surface area contributed by atoms with Gasteiger partial charge < -0.3 is 16.0 Å². The molecule has 1 fully saturated rings. The number of nitrogens with one attached hydrogen (secondary N) is 3. The van der Waals surface area contributed by atoms with Crippen LogP contribution in [0.2, 0.25) is 0 Å². The summed E-state index contributed by atoms with van der Waals surface area (Å²) < 4.78 is 0. The normalized spacial score (nSPS) is 15.5. The zero-order chi connectivity index (χ0) is 22.9. The van der Waals surface area contributed by atoms with Crippen LogP contribution in [-0.4, -0.2) is 29.8 Å². The highest BCUT2D eigenvalue weighted by Crippen LogP contribution is 2.19. The van der Waals surface area contributed by atoms with E-state index in [9.17, 15) is 14.4 Å². The molecule has 0 spiro atoms. The lowest BCUT2D eigenvalue weighted by molar-refractivity contribution is -0.124. The van der Waals surface area contributed by atoms with Gasteiger partial charge in [-0.2, -0.15) is 0 Å². The van der Waals surface area contributed by atoms with Crippen LogP contribution in [0, 0.1) is 5.92 Å². The van der Waals surface area contributed by atoms with Gasteiger partial charge in [0.05, 0.1) is 11.3 Å². The molecule has 1 aliphatic carbocycles. The smallest absolute Gasteiger partial charge is 0.255 e. The molecule has 6 nitrogen and oxygen atoms in total. The first-order valence-electron chi connectivity index (χ1n) is 11.5. The number of rotatable bonds is 7. The number of amides is 3. The molecule has 3 amide bonds. The number of carbonyl (C=O) groups excluding carboxylic acids is 3. The maximum Gasteiger partial charge on any atom is 0.255 e. The lowest BCUT2D eigenvalue weighted by Gasteiger charge is -2.25. The summed E-state index contributed by atoms with van der Waals surface area (Å²) in [7, 11) is 0. The van der Waals surface area contributed by atoms with Crippen molar-refractivity contribution in [1.29, 1.82) is 0 Å². The second-order valence-electron chi connectivity index (χ2n) is 8.76. The molecule has 2 aromatic carbocycles. The third-order valence-corrected chi connectivity index (χ3v) is 5.89. The van der Waals surface area contributed by atoms with Crippen molar-refractivity contribution in [2.24, 2.45) is 5.92 Å². The topological polar surface area (TPSA) is 87.3 Å². The van der Waals surface area contributed by atoms with E-state index in [1.807, 2.05) is 19.9 Å². The zero-order valence-electron chi connectivity index (χ0n) is 18.9. The molecule has 32 heavy (non-hydrogen) atoms. The fraction of sp³-hybridized carbons (Fsp3) is 0.423. The van der Waals surface area contributed by atoms with Gasteiger partial charge in [0.15, 0.2) is 0 Å². The summed E-state index contributed by atoms with van der Waals surface area (Å²) in [6.07, 6.45) is 6.64. The Labute approximate surface area is 190 Å². The number of benzene rings is 2. The van der Waals surface area contributed by atoms with Crippen LogP contribution in [0.25, 0.3) is 0 Å². The Morgan fingerprint density at radius 3 is 2.09 bits per heavy atom. The van der Waals surface area contributed by atoms with E-state index in [1.165, 1.54) is 12.8 Å². The molecular formula is C26H33N3O3. The van der Waals surface area contributed by atoms with Gasteiger partial charge in [0, 0.05) is 11.6 Å². The van der Waals surface area contributed by atoms with Crippen LogP contribution in [0.1, 0.15) is 73.1 Å². The van der Waals surface area contributed by atoms with Gasteiger partial charge in [-0.3, -0.25) is 14.4 Å². The quantitative estimate of drug-likeness (QED) is 0.558. The number of para-hydroxylation sites is 1. The Kier molecular flexibility index (Phi) is 8.42. The van der Waals surface area contributed by atoms with Gasteiger partial charge in [0.2, 0.25) is 5.91 Å². The maximum absolute atomic E-state index is 13.1. The molecule has 3 rings (SSSR count). The van der Waals surface area contributed by atoms with Crippen molar-refractivity contribution in [3.05, 3.63) is 65.7 Å². The van der Waals surface area contributed by atoms with E-state index in [0.717, 1.165) is 25.7 Å². The highest BCUT2D eigenvalue weighted by atomic mass is 16.2. The van der Waals surface area contributed by atoms with Crippen molar-refractivity contribution in [3.63, 3.8) is 0 Å². The van der Waals surface area contributed by atoms with E-state index in [2.05, 4.69) is 16.0 Å². The first-order valence-corrected chi connectivity index (χ1v) is 11.5. The predicted octanol–water partition coefficient (Wildman–Crippen LogP) is 4.53. The van der Waals surface area contributed by atoms with Gasteiger partial charge >= 0.3 is 0 Å². The third kappa shape index (κ3) is 6.42. The lowest BCUT2D eigenvalue weighted by Crippen LogP contribution is -2.52. The average molecular weight is 436 g/mol. The van der Waals surface area contributed by atoms with Crippen LogP contribution in [-0.2, 0) is 4.79 Å². The van der Waals surface area contributed by atoms with E-state index in [4.69, 9.17) is 0 Å². The molecular weight excluding hydrogens is 402 g/mol. The summed E-state index contributed by atoms with van der Waals surface area (Å²) in [5, 5.41) is 8.84. The largest absolute Gasteiger partial charge is 0.352 e. The molecule has 0 bridgehead atoms. The highest BCUT2D eigenvalue weighted by molar-refractivity contribution is 6.09. The van der Waals surface area contributed by atoms with Crippen molar-refractivity contribution >= 4 is 23.4 Å². The fourth-order valence-electron chi connectivity index (χ4n) is 4.04. The minimum absolute atomic E-state index is 0.0733. The van der Waals surface area contributed by atoms with Crippen LogP contribution in [0.15, 0.2) is 54.6 Å². The standard InChI is InChI=1S/C26H33N3O3/c1-18(2)23(26(32)27-20-14-8-3-4-9-15-20)29-25(31)21-16-10-11-17-22(21)28-24(30)19-12-6-5-7-13-19/h5-7,10-13,16-18,20,23H,3-4,8-9,14-15H2,1-2H3,(H,27,32)(H,28,30)(H,29,31)/t23-/m1/s1. The summed E-state index contributed by atoms with van der Waals surface area (Å²) >= 11 is 0. The minimum Gasteiger partial charge on any atom is -0.352 e. The van der Waals surface area contributed by atoms with E-state index >= 15 is 0 Å². The van der Waals surface area contributed by atoms with Crippen LogP contribution >= 0.6 is 0 Å². The molecule has 2 aromatic rings. The molecule has 1 atom stereocenters. The Morgan fingerprint density at radius 1 is 0.812 bits per heavy atom. The summed E-state index contributed by atoms with van der Waals surface area (Å²) in [5.41, 5.74) is 1.24. The number of anilines is 1. The molecule has 3 N–H and O–H groups in total. The summed E-state index contributed by atoms with van der Waals surface area (Å²) in [6, 6.07) is 15.2. The van der Waals surface area contributed by atoms with Crippen molar-refractivity contribution in [2.75, 3.05) is 5.32 Å². The summed E-state index contributed by atoms with van der Waals surface area (Å²) in [5.74, 6) is -0.900. The van der Waals surface area contributed by atoms with Crippen molar-refractivity contribution in [1.82, 2.24) is 10.6 Å². The SMILES string of the molecule is CC(C)[C@@H](NC(=O)c1ccccc1NC(=O)c1ccccc1)C(=O)NC1CCCCCC1. The number of hydrogen-bond donors (Lipinski definition) is 3. The Balaban J connectivity index is 1.70. The maximum atomic E-state index is 13.1. The van der Waals surface area contributed by atoms with Gasteiger partial charge in [-0.1, -0.05) is 69.9 Å². The van der Waals surface area contributed by atoms with Crippen LogP contribution in [0.5, 0.6) is 0 Å². The van der Waals surface area contributed by atoms with Crippen molar-refractivity contribution < 1.29 is 14.4 Å². The first-order chi connectivity index (χ1) is 15.5.